The van der Waals surface area contributed by atoms with E-state index < -0.39 is 6.04 Å². The number of methoxy groups -OCH3 is 1. The molecule has 116 valence electrons. The van der Waals surface area contributed by atoms with Gasteiger partial charge in [0.2, 0.25) is 0 Å². The first-order valence-corrected chi connectivity index (χ1v) is 6.92. The molecule has 0 aliphatic carbocycles. The highest BCUT2D eigenvalue weighted by molar-refractivity contribution is 5.94. The van der Waals surface area contributed by atoms with E-state index in [9.17, 15) is 9.59 Å². The van der Waals surface area contributed by atoms with E-state index >= 15 is 0 Å². The minimum atomic E-state index is -0.444. The average Bonchev–Trinajstić information content (AvgIpc) is 2.94. The number of rotatable bonds is 5. The van der Waals surface area contributed by atoms with Crippen LogP contribution < -0.4 is 5.32 Å². The monoisotopic (exact) mass is 301 g/mol. The number of hydrogen-bond acceptors (Lipinski definition) is 4. The molecule has 6 heteroatoms. The quantitative estimate of drug-likeness (QED) is 0.854. The van der Waals surface area contributed by atoms with E-state index in [0.717, 1.165) is 11.1 Å². The van der Waals surface area contributed by atoms with Crippen LogP contribution in [-0.2, 0) is 16.6 Å². The number of carbonyl (C=O) groups is 2. The molecule has 0 aliphatic heterocycles. The molecule has 1 heterocycles. The third kappa shape index (κ3) is 3.94. The molecule has 0 spiro atoms. The number of amides is 1. The van der Waals surface area contributed by atoms with Crippen molar-refractivity contribution in [2.75, 3.05) is 7.11 Å². The van der Waals surface area contributed by atoms with Crippen LogP contribution in [0.4, 0.5) is 0 Å². The van der Waals surface area contributed by atoms with Crippen molar-refractivity contribution in [3.8, 4) is 0 Å². The maximum Gasteiger partial charge on any atom is 0.307 e. The average molecular weight is 301 g/mol. The largest absolute Gasteiger partial charge is 0.469 e. The van der Waals surface area contributed by atoms with E-state index in [1.807, 2.05) is 31.2 Å². The fourth-order valence-electron chi connectivity index (χ4n) is 2.08. The van der Waals surface area contributed by atoms with Crippen molar-refractivity contribution in [2.45, 2.75) is 19.4 Å². The summed E-state index contributed by atoms with van der Waals surface area (Å²) in [5, 5.41) is 6.83. The highest BCUT2D eigenvalue weighted by Gasteiger charge is 2.20. The van der Waals surface area contributed by atoms with Gasteiger partial charge in [-0.1, -0.05) is 29.8 Å². The molecular weight excluding hydrogens is 282 g/mol. The number of benzene rings is 1. The Balaban J connectivity index is 2.18. The number of hydrogen-bond donors (Lipinski definition) is 1. The van der Waals surface area contributed by atoms with Gasteiger partial charge in [0.25, 0.3) is 5.91 Å². The normalized spacial score (nSPS) is 11.8. The lowest BCUT2D eigenvalue weighted by atomic mass is 10.0. The molecule has 1 amide bonds. The molecule has 0 radical (unpaired) electrons. The van der Waals surface area contributed by atoms with Gasteiger partial charge in [-0.25, -0.2) is 0 Å². The molecule has 0 saturated carbocycles. The first-order valence-electron chi connectivity index (χ1n) is 6.92. The van der Waals surface area contributed by atoms with Gasteiger partial charge in [-0.2, -0.15) is 5.10 Å². The number of esters is 1. The number of aromatic nitrogens is 2. The molecule has 1 aromatic heterocycles. The second-order valence-electron chi connectivity index (χ2n) is 5.12. The Morgan fingerprint density at radius 3 is 2.55 bits per heavy atom. The lowest BCUT2D eigenvalue weighted by Crippen LogP contribution is -2.30. The fraction of sp³-hybridized carbons (Fsp3) is 0.312. The van der Waals surface area contributed by atoms with Gasteiger partial charge in [0.15, 0.2) is 0 Å². The minimum Gasteiger partial charge on any atom is -0.469 e. The van der Waals surface area contributed by atoms with Crippen LogP contribution in [-0.4, -0.2) is 28.8 Å². The third-order valence-corrected chi connectivity index (χ3v) is 3.35. The molecule has 1 unspecified atom stereocenters. The van der Waals surface area contributed by atoms with Crippen molar-refractivity contribution in [2.24, 2.45) is 7.05 Å². The van der Waals surface area contributed by atoms with Gasteiger partial charge < -0.3 is 10.1 Å². The molecule has 22 heavy (non-hydrogen) atoms. The first kappa shape index (κ1) is 15.8. The standard InChI is InChI=1S/C16H19N3O3/c1-11-4-6-12(7-5-11)14(8-15(20)22-3)18-16(21)13-9-17-19(2)10-13/h4-7,9-10,14H,8H2,1-3H3,(H,18,21). The van der Waals surface area contributed by atoms with Crippen molar-refractivity contribution < 1.29 is 14.3 Å². The van der Waals surface area contributed by atoms with Gasteiger partial charge in [-0.3, -0.25) is 14.3 Å². The van der Waals surface area contributed by atoms with Crippen LogP contribution in [0.25, 0.3) is 0 Å². The smallest absolute Gasteiger partial charge is 0.307 e. The number of carbonyl (C=O) groups excluding carboxylic acids is 2. The van der Waals surface area contributed by atoms with Crippen LogP contribution in [0.1, 0.15) is 33.9 Å². The molecule has 0 bridgehead atoms. The molecule has 1 N–H and O–H groups in total. The van der Waals surface area contributed by atoms with Crippen LogP contribution in [0.15, 0.2) is 36.7 Å². The summed E-state index contributed by atoms with van der Waals surface area (Å²) in [5.41, 5.74) is 2.41. The Morgan fingerprint density at radius 1 is 1.32 bits per heavy atom. The van der Waals surface area contributed by atoms with Crippen LogP contribution in [0, 0.1) is 6.92 Å². The van der Waals surface area contributed by atoms with E-state index in [-0.39, 0.29) is 18.3 Å². The third-order valence-electron chi connectivity index (χ3n) is 3.35. The van der Waals surface area contributed by atoms with Crippen molar-refractivity contribution in [3.05, 3.63) is 53.3 Å². The molecule has 1 aromatic carbocycles. The fourth-order valence-corrected chi connectivity index (χ4v) is 2.08. The second kappa shape index (κ2) is 6.89. The summed E-state index contributed by atoms with van der Waals surface area (Å²) in [7, 11) is 3.07. The summed E-state index contributed by atoms with van der Waals surface area (Å²) in [6, 6.07) is 7.23. The Morgan fingerprint density at radius 2 is 2.00 bits per heavy atom. The highest BCUT2D eigenvalue weighted by atomic mass is 16.5. The van der Waals surface area contributed by atoms with Gasteiger partial charge in [-0.15, -0.1) is 0 Å². The molecular formula is C16H19N3O3. The number of aryl methyl sites for hydroxylation is 2. The zero-order chi connectivity index (χ0) is 16.1. The SMILES string of the molecule is COC(=O)CC(NC(=O)c1cnn(C)c1)c1ccc(C)cc1. The van der Waals surface area contributed by atoms with Crippen LogP contribution in [0.2, 0.25) is 0 Å². The van der Waals surface area contributed by atoms with Crippen LogP contribution in [0.5, 0.6) is 0 Å². The Labute approximate surface area is 129 Å². The Hall–Kier alpha value is -2.63. The van der Waals surface area contributed by atoms with Crippen molar-refractivity contribution >= 4 is 11.9 Å². The minimum absolute atomic E-state index is 0.0750. The molecule has 0 saturated heterocycles. The molecule has 1 atom stereocenters. The molecule has 2 aromatic rings. The van der Waals surface area contributed by atoms with Gasteiger partial charge in [0, 0.05) is 13.2 Å². The summed E-state index contributed by atoms with van der Waals surface area (Å²) < 4.78 is 6.26. The predicted octanol–water partition coefficient (Wildman–Crippen LogP) is 1.76. The van der Waals surface area contributed by atoms with Crippen LogP contribution >= 0.6 is 0 Å². The summed E-state index contributed by atoms with van der Waals surface area (Å²) in [6.45, 7) is 1.98. The van der Waals surface area contributed by atoms with E-state index in [0.29, 0.717) is 5.56 Å². The topological polar surface area (TPSA) is 73.2 Å². The Bertz CT molecular complexity index is 662. The highest BCUT2D eigenvalue weighted by Crippen LogP contribution is 2.19. The number of nitrogens with one attached hydrogen (secondary N) is 1. The van der Waals surface area contributed by atoms with E-state index in [1.165, 1.54) is 13.3 Å². The zero-order valence-electron chi connectivity index (χ0n) is 12.9. The van der Waals surface area contributed by atoms with Gasteiger partial charge >= 0.3 is 5.97 Å². The van der Waals surface area contributed by atoms with E-state index in [4.69, 9.17) is 4.74 Å². The summed E-state index contributed by atoms with van der Waals surface area (Å²) in [5.74, 6) is -0.653. The summed E-state index contributed by atoms with van der Waals surface area (Å²) in [4.78, 5) is 23.9. The molecule has 2 rings (SSSR count). The molecule has 6 nitrogen and oxygen atoms in total. The van der Waals surface area contributed by atoms with Gasteiger partial charge in [0.1, 0.15) is 0 Å². The summed E-state index contributed by atoms with van der Waals surface area (Å²) in [6.07, 6.45) is 3.19. The lowest BCUT2D eigenvalue weighted by Gasteiger charge is -2.18. The summed E-state index contributed by atoms with van der Waals surface area (Å²) >= 11 is 0. The molecule has 0 aliphatic rings. The maximum atomic E-state index is 12.3. The van der Waals surface area contributed by atoms with Crippen molar-refractivity contribution in [3.63, 3.8) is 0 Å². The van der Waals surface area contributed by atoms with Gasteiger partial charge in [-0.05, 0) is 12.5 Å². The second-order valence-corrected chi connectivity index (χ2v) is 5.12. The maximum absolute atomic E-state index is 12.3. The van der Waals surface area contributed by atoms with E-state index in [2.05, 4.69) is 10.4 Å². The zero-order valence-corrected chi connectivity index (χ0v) is 12.9. The van der Waals surface area contributed by atoms with Crippen LogP contribution in [0.3, 0.4) is 0 Å². The lowest BCUT2D eigenvalue weighted by molar-refractivity contribution is -0.141. The molecule has 0 fully saturated rings. The van der Waals surface area contributed by atoms with Gasteiger partial charge in [0.05, 0.1) is 31.3 Å². The number of ether oxygens (including phenoxy) is 1. The Kier molecular flexibility index (Phi) is 4.93. The number of nitrogens with zero attached hydrogens (tertiary/aromatic N) is 2. The predicted molar refractivity (Wildman–Crippen MR) is 81.2 cm³/mol. The van der Waals surface area contributed by atoms with Crippen molar-refractivity contribution in [1.82, 2.24) is 15.1 Å². The van der Waals surface area contributed by atoms with E-state index in [1.54, 1.807) is 17.9 Å². The first-order chi connectivity index (χ1) is 10.5. The van der Waals surface area contributed by atoms with Crippen molar-refractivity contribution in [1.29, 1.82) is 0 Å².